The van der Waals surface area contributed by atoms with E-state index in [2.05, 4.69) is 10.3 Å². The van der Waals surface area contributed by atoms with E-state index >= 15 is 0 Å². The third-order valence-electron chi connectivity index (χ3n) is 3.26. The lowest BCUT2D eigenvalue weighted by Crippen LogP contribution is -2.19. The number of thioether (sulfide) groups is 1. The number of rotatable bonds is 5. The van der Waals surface area contributed by atoms with Crippen molar-refractivity contribution in [2.45, 2.75) is 0 Å². The standard InChI is InChI=1S/C18H13ClN2O4S/c19-12-5-7-13(8-6-12)20-18-21-17(24)15(26-18)9-11-3-1-2-4-14(11)25-10-16(22)23/h1-9H,10H2,(H,22,23)(H,20,21,24). The highest BCUT2D eigenvalue weighted by Gasteiger charge is 2.24. The fourth-order valence-corrected chi connectivity index (χ4v) is 3.08. The topological polar surface area (TPSA) is 88.0 Å². The molecule has 0 aliphatic carbocycles. The number of carbonyl (C=O) groups excluding carboxylic acids is 1. The van der Waals surface area contributed by atoms with Crippen LogP contribution in [0.15, 0.2) is 58.4 Å². The van der Waals surface area contributed by atoms with Crippen molar-refractivity contribution in [3.63, 3.8) is 0 Å². The lowest BCUT2D eigenvalue weighted by atomic mass is 10.2. The number of hydrogen-bond acceptors (Lipinski definition) is 5. The molecular formula is C18H13ClN2O4S. The van der Waals surface area contributed by atoms with Crippen molar-refractivity contribution in [3.05, 3.63) is 64.0 Å². The fourth-order valence-electron chi connectivity index (χ4n) is 2.13. The second-order valence-corrected chi connectivity index (χ2v) is 6.65. The van der Waals surface area contributed by atoms with Gasteiger partial charge in [0.05, 0.1) is 10.6 Å². The number of amidine groups is 1. The molecule has 1 fully saturated rings. The maximum absolute atomic E-state index is 12.2. The van der Waals surface area contributed by atoms with Crippen molar-refractivity contribution in [2.24, 2.45) is 4.99 Å². The zero-order chi connectivity index (χ0) is 18.5. The molecule has 0 atom stereocenters. The van der Waals surface area contributed by atoms with Crippen LogP contribution in [0.2, 0.25) is 5.02 Å². The summed E-state index contributed by atoms with van der Waals surface area (Å²) in [7, 11) is 0. The summed E-state index contributed by atoms with van der Waals surface area (Å²) in [5, 5.41) is 12.5. The van der Waals surface area contributed by atoms with Gasteiger partial charge in [-0.1, -0.05) is 29.8 Å². The number of carboxylic acids is 1. The molecule has 0 aromatic heterocycles. The number of halogens is 1. The molecule has 0 unspecified atom stereocenters. The summed E-state index contributed by atoms with van der Waals surface area (Å²) >= 11 is 7.04. The molecule has 26 heavy (non-hydrogen) atoms. The summed E-state index contributed by atoms with van der Waals surface area (Å²) in [5.74, 6) is -0.965. The van der Waals surface area contributed by atoms with Crippen LogP contribution in [0.3, 0.4) is 0 Å². The van der Waals surface area contributed by atoms with Gasteiger partial charge in [-0.3, -0.25) is 4.79 Å². The number of nitrogens with one attached hydrogen (secondary N) is 1. The molecule has 1 saturated heterocycles. The number of ether oxygens (including phenoxy) is 1. The van der Waals surface area contributed by atoms with Gasteiger partial charge in [-0.05, 0) is 48.2 Å². The Morgan fingerprint density at radius 3 is 2.69 bits per heavy atom. The van der Waals surface area contributed by atoms with Crippen LogP contribution in [-0.2, 0) is 9.59 Å². The van der Waals surface area contributed by atoms with Crippen molar-refractivity contribution in [3.8, 4) is 5.75 Å². The summed E-state index contributed by atoms with van der Waals surface area (Å²) in [6.45, 7) is -0.456. The average molecular weight is 389 g/mol. The predicted molar refractivity (Wildman–Crippen MR) is 102 cm³/mol. The van der Waals surface area contributed by atoms with Gasteiger partial charge in [0, 0.05) is 10.6 Å². The molecule has 0 bridgehead atoms. The third-order valence-corrected chi connectivity index (χ3v) is 4.43. The second kappa shape index (κ2) is 8.07. The number of benzene rings is 2. The number of hydrogen-bond donors (Lipinski definition) is 2. The highest BCUT2D eigenvalue weighted by atomic mass is 35.5. The molecule has 6 nitrogen and oxygen atoms in total. The van der Waals surface area contributed by atoms with Crippen molar-refractivity contribution in [2.75, 3.05) is 6.61 Å². The monoisotopic (exact) mass is 388 g/mol. The molecule has 132 valence electrons. The number of aliphatic carboxylic acids is 1. The van der Waals surface area contributed by atoms with E-state index in [1.54, 1.807) is 54.6 Å². The first-order valence-electron chi connectivity index (χ1n) is 7.50. The van der Waals surface area contributed by atoms with Gasteiger partial charge in [0.15, 0.2) is 11.8 Å². The van der Waals surface area contributed by atoms with E-state index in [1.807, 2.05) is 0 Å². The summed E-state index contributed by atoms with van der Waals surface area (Å²) in [6, 6.07) is 13.8. The van der Waals surface area contributed by atoms with Gasteiger partial charge in [0.2, 0.25) is 0 Å². The molecule has 1 aliphatic heterocycles. The number of carbonyl (C=O) groups is 2. The van der Waals surface area contributed by atoms with Crippen LogP contribution >= 0.6 is 23.4 Å². The van der Waals surface area contributed by atoms with Crippen LogP contribution in [0, 0.1) is 0 Å². The zero-order valence-corrected chi connectivity index (χ0v) is 14.9. The van der Waals surface area contributed by atoms with E-state index in [4.69, 9.17) is 21.4 Å². The molecule has 2 aromatic carbocycles. The molecular weight excluding hydrogens is 376 g/mol. The van der Waals surface area contributed by atoms with Crippen LogP contribution in [0.4, 0.5) is 5.69 Å². The van der Waals surface area contributed by atoms with Crippen LogP contribution in [0.25, 0.3) is 6.08 Å². The first-order valence-corrected chi connectivity index (χ1v) is 8.69. The Kier molecular flexibility index (Phi) is 5.60. The maximum Gasteiger partial charge on any atom is 0.341 e. The predicted octanol–water partition coefficient (Wildman–Crippen LogP) is 3.70. The van der Waals surface area contributed by atoms with Gasteiger partial charge < -0.3 is 15.2 Å². The number of nitrogens with zero attached hydrogens (tertiary/aromatic N) is 1. The summed E-state index contributed by atoms with van der Waals surface area (Å²) in [6.07, 6.45) is 1.64. The largest absolute Gasteiger partial charge is 0.481 e. The second-order valence-electron chi connectivity index (χ2n) is 5.18. The van der Waals surface area contributed by atoms with E-state index in [9.17, 15) is 9.59 Å². The van der Waals surface area contributed by atoms with E-state index in [1.165, 1.54) is 11.8 Å². The van der Waals surface area contributed by atoms with Crippen LogP contribution in [0.1, 0.15) is 5.56 Å². The summed E-state index contributed by atoms with van der Waals surface area (Å²) < 4.78 is 5.25. The molecule has 0 spiro atoms. The lowest BCUT2D eigenvalue weighted by Gasteiger charge is -2.06. The third kappa shape index (κ3) is 4.65. The first-order chi connectivity index (χ1) is 12.5. The van der Waals surface area contributed by atoms with Gasteiger partial charge >= 0.3 is 5.97 Å². The Morgan fingerprint density at radius 2 is 1.96 bits per heavy atom. The lowest BCUT2D eigenvalue weighted by molar-refractivity contribution is -0.139. The molecule has 1 amide bonds. The van der Waals surface area contributed by atoms with E-state index in [0.717, 1.165) is 0 Å². The molecule has 0 radical (unpaired) electrons. The Bertz CT molecular complexity index is 910. The normalized spacial score (nSPS) is 16.7. The summed E-state index contributed by atoms with van der Waals surface area (Å²) in [4.78, 5) is 27.7. The van der Waals surface area contributed by atoms with Crippen LogP contribution < -0.4 is 10.1 Å². The van der Waals surface area contributed by atoms with E-state index < -0.39 is 12.6 Å². The molecule has 2 aromatic rings. The number of carboxylic acid groups (broad SMARTS) is 1. The zero-order valence-electron chi connectivity index (χ0n) is 13.3. The Hall–Kier alpha value is -2.77. The summed E-state index contributed by atoms with van der Waals surface area (Å²) in [5.41, 5.74) is 1.28. The van der Waals surface area contributed by atoms with Crippen molar-refractivity contribution >= 4 is 52.2 Å². The van der Waals surface area contributed by atoms with Gasteiger partial charge in [-0.2, -0.15) is 0 Å². The number of amides is 1. The number of aliphatic imine (C=N–C) groups is 1. The average Bonchev–Trinajstić information content (AvgIpc) is 2.95. The Morgan fingerprint density at radius 1 is 1.23 bits per heavy atom. The van der Waals surface area contributed by atoms with E-state index in [0.29, 0.717) is 32.1 Å². The molecule has 3 rings (SSSR count). The van der Waals surface area contributed by atoms with Crippen molar-refractivity contribution in [1.29, 1.82) is 0 Å². The van der Waals surface area contributed by atoms with Gasteiger partial charge in [0.1, 0.15) is 5.75 Å². The quantitative estimate of drug-likeness (QED) is 0.762. The minimum absolute atomic E-state index is 0.282. The maximum atomic E-state index is 12.2. The van der Waals surface area contributed by atoms with Gasteiger partial charge in [-0.25, -0.2) is 9.79 Å². The molecule has 1 heterocycles. The fraction of sp³-hybridized carbons (Fsp3) is 0.0556. The first kappa shape index (κ1) is 18.0. The molecule has 2 N–H and O–H groups in total. The van der Waals surface area contributed by atoms with Crippen molar-refractivity contribution < 1.29 is 19.4 Å². The Labute approximate surface area is 158 Å². The SMILES string of the molecule is O=C(O)COc1ccccc1C=C1SC(=Nc2ccc(Cl)cc2)NC1=O. The van der Waals surface area contributed by atoms with Crippen LogP contribution in [0.5, 0.6) is 5.75 Å². The molecule has 1 aliphatic rings. The van der Waals surface area contributed by atoms with Crippen molar-refractivity contribution in [1.82, 2.24) is 5.32 Å². The van der Waals surface area contributed by atoms with Gasteiger partial charge in [-0.15, -0.1) is 0 Å². The number of para-hydroxylation sites is 1. The minimum atomic E-state index is -1.07. The Balaban J connectivity index is 1.81. The molecule has 0 saturated carbocycles. The van der Waals surface area contributed by atoms with E-state index in [-0.39, 0.29) is 5.91 Å². The molecule has 8 heteroatoms. The highest BCUT2D eigenvalue weighted by molar-refractivity contribution is 8.18. The smallest absolute Gasteiger partial charge is 0.341 e. The minimum Gasteiger partial charge on any atom is -0.481 e. The van der Waals surface area contributed by atoms with Gasteiger partial charge in [0.25, 0.3) is 5.91 Å². The van der Waals surface area contributed by atoms with Crippen LogP contribution in [-0.4, -0.2) is 28.8 Å². The highest BCUT2D eigenvalue weighted by Crippen LogP contribution is 2.30.